The molecule has 0 N–H and O–H groups in total. The van der Waals surface area contributed by atoms with E-state index in [1.54, 1.807) is 0 Å². The molecule has 0 heterocycles. The predicted octanol–water partition coefficient (Wildman–Crippen LogP) is 5.57. The third kappa shape index (κ3) is 4.03. The fourth-order valence-corrected chi connectivity index (χ4v) is 2.18. The molecule has 22 heavy (non-hydrogen) atoms. The topological polar surface area (TPSA) is 17.1 Å². The van der Waals surface area contributed by atoms with E-state index in [9.17, 15) is 13.6 Å². The van der Waals surface area contributed by atoms with E-state index in [2.05, 4.69) is 0 Å². The van der Waals surface area contributed by atoms with Crippen LogP contribution in [0, 0.1) is 11.6 Å². The molecule has 0 amide bonds. The van der Waals surface area contributed by atoms with E-state index in [1.807, 2.05) is 0 Å². The summed E-state index contributed by atoms with van der Waals surface area (Å²) in [6, 6.07) is 8.46. The van der Waals surface area contributed by atoms with Gasteiger partial charge in [0.1, 0.15) is 11.6 Å². The first-order chi connectivity index (χ1) is 10.5. The normalized spacial score (nSPS) is 11.5. The molecule has 5 heteroatoms. The van der Waals surface area contributed by atoms with Gasteiger partial charge < -0.3 is 0 Å². The van der Waals surface area contributed by atoms with Gasteiger partial charge in [0.15, 0.2) is 5.78 Å². The lowest BCUT2D eigenvalue weighted by Crippen LogP contribution is -1.89. The molecule has 0 bridgehead atoms. The first kappa shape index (κ1) is 16.4. The molecule has 0 aliphatic heterocycles. The maximum atomic E-state index is 13.5. The lowest BCUT2D eigenvalue weighted by atomic mass is 10.1. The van der Waals surface area contributed by atoms with Crippen molar-refractivity contribution in [3.8, 4) is 0 Å². The quantitative estimate of drug-likeness (QED) is 0.666. The Bertz CT molecular complexity index is 663. The molecule has 2 rings (SSSR count). The van der Waals surface area contributed by atoms with Crippen molar-refractivity contribution >= 4 is 41.1 Å². The fourth-order valence-electron chi connectivity index (χ4n) is 1.73. The number of carbonyl (C=O) groups is 1. The summed E-state index contributed by atoms with van der Waals surface area (Å²) < 4.78 is 27.1. The maximum Gasteiger partial charge on any atom is 0.178 e. The number of rotatable bonds is 4. The van der Waals surface area contributed by atoms with Crippen LogP contribution in [0.25, 0.3) is 12.2 Å². The van der Waals surface area contributed by atoms with Crippen LogP contribution in [0.4, 0.5) is 8.78 Å². The molecule has 0 unspecified atom stereocenters. The third-order valence-electron chi connectivity index (χ3n) is 2.83. The lowest BCUT2D eigenvalue weighted by Gasteiger charge is -1.99. The molecule has 112 valence electrons. The number of allylic oxidation sites excluding steroid dienone is 2. The van der Waals surface area contributed by atoms with Gasteiger partial charge in [-0.15, -0.1) is 0 Å². The molecule has 0 saturated heterocycles. The smallest absolute Gasteiger partial charge is 0.178 e. The summed E-state index contributed by atoms with van der Waals surface area (Å²) in [5, 5.41) is 0.398. The molecule has 2 aromatic carbocycles. The standard InChI is InChI=1S/C17H10Cl2F2O/c18-14-3-1-5-16(20)12(14)9-7-11(22)8-10-13-15(19)4-2-6-17(13)21/h1-10H/b9-7+,10-8+. The van der Waals surface area contributed by atoms with Crippen molar-refractivity contribution < 1.29 is 13.6 Å². The molecule has 0 radical (unpaired) electrons. The summed E-state index contributed by atoms with van der Waals surface area (Å²) in [4.78, 5) is 11.7. The van der Waals surface area contributed by atoms with Crippen LogP contribution in [0.1, 0.15) is 11.1 Å². The average molecular weight is 339 g/mol. The number of benzene rings is 2. The van der Waals surface area contributed by atoms with E-state index >= 15 is 0 Å². The maximum absolute atomic E-state index is 13.5. The zero-order chi connectivity index (χ0) is 16.1. The van der Waals surface area contributed by atoms with Gasteiger partial charge in [0.25, 0.3) is 0 Å². The van der Waals surface area contributed by atoms with Gasteiger partial charge in [-0.25, -0.2) is 8.78 Å². The predicted molar refractivity (Wildman–Crippen MR) is 85.9 cm³/mol. The van der Waals surface area contributed by atoms with Gasteiger partial charge in [-0.05, 0) is 48.6 Å². The first-order valence-corrected chi connectivity index (χ1v) is 7.03. The zero-order valence-corrected chi connectivity index (χ0v) is 12.7. The zero-order valence-electron chi connectivity index (χ0n) is 11.2. The van der Waals surface area contributed by atoms with E-state index in [0.29, 0.717) is 0 Å². The molecular weight excluding hydrogens is 329 g/mol. The van der Waals surface area contributed by atoms with E-state index in [-0.39, 0.29) is 21.2 Å². The molecule has 0 aliphatic carbocycles. The molecular formula is C17H10Cl2F2O. The highest BCUT2D eigenvalue weighted by molar-refractivity contribution is 6.32. The monoisotopic (exact) mass is 338 g/mol. The van der Waals surface area contributed by atoms with Crippen molar-refractivity contribution in [1.82, 2.24) is 0 Å². The van der Waals surface area contributed by atoms with Crippen LogP contribution in [-0.4, -0.2) is 5.78 Å². The molecule has 1 nitrogen and oxygen atoms in total. The van der Waals surface area contributed by atoms with Gasteiger partial charge in [-0.2, -0.15) is 0 Å². The SMILES string of the molecule is O=C(/C=C/c1c(F)cccc1Cl)/C=C/c1c(F)cccc1Cl. The fraction of sp³-hybridized carbons (Fsp3) is 0. The van der Waals surface area contributed by atoms with Crippen molar-refractivity contribution in [3.05, 3.63) is 81.4 Å². The highest BCUT2D eigenvalue weighted by Crippen LogP contribution is 2.21. The summed E-state index contributed by atoms with van der Waals surface area (Å²) in [6.07, 6.45) is 4.84. The second-order valence-electron chi connectivity index (χ2n) is 4.34. The Morgan fingerprint density at radius 2 is 1.23 bits per heavy atom. The summed E-state index contributed by atoms with van der Waals surface area (Å²) in [5.41, 5.74) is 0.240. The van der Waals surface area contributed by atoms with Crippen LogP contribution >= 0.6 is 23.2 Å². The van der Waals surface area contributed by atoms with Crippen molar-refractivity contribution in [3.63, 3.8) is 0 Å². The van der Waals surface area contributed by atoms with Crippen LogP contribution in [0.3, 0.4) is 0 Å². The van der Waals surface area contributed by atoms with Gasteiger partial charge in [-0.1, -0.05) is 35.3 Å². The van der Waals surface area contributed by atoms with Gasteiger partial charge in [0.05, 0.1) is 10.0 Å². The Hall–Kier alpha value is -1.97. The van der Waals surface area contributed by atoms with Gasteiger partial charge in [0.2, 0.25) is 0 Å². The van der Waals surface area contributed by atoms with Crippen LogP contribution < -0.4 is 0 Å². The van der Waals surface area contributed by atoms with Crippen LogP contribution in [0.2, 0.25) is 10.0 Å². The summed E-state index contributed by atoms with van der Waals surface area (Å²) in [7, 11) is 0. The summed E-state index contributed by atoms with van der Waals surface area (Å²) in [5.74, 6) is -1.51. The van der Waals surface area contributed by atoms with E-state index in [1.165, 1.54) is 48.6 Å². The van der Waals surface area contributed by atoms with Gasteiger partial charge in [-0.3, -0.25) is 4.79 Å². The van der Waals surface area contributed by atoms with Crippen molar-refractivity contribution in [2.75, 3.05) is 0 Å². The molecule has 0 fully saturated rings. The third-order valence-corrected chi connectivity index (χ3v) is 3.49. The molecule has 2 aromatic rings. The Morgan fingerprint density at radius 1 is 0.818 bits per heavy atom. The van der Waals surface area contributed by atoms with Crippen molar-refractivity contribution in [2.24, 2.45) is 0 Å². The van der Waals surface area contributed by atoms with Crippen molar-refractivity contribution in [2.45, 2.75) is 0 Å². The Labute approximate surface area is 136 Å². The Balaban J connectivity index is 2.17. The molecule has 0 saturated carbocycles. The number of hydrogen-bond donors (Lipinski definition) is 0. The number of carbonyl (C=O) groups excluding carboxylic acids is 1. The van der Waals surface area contributed by atoms with E-state index in [4.69, 9.17) is 23.2 Å². The minimum absolute atomic E-state index is 0.120. The van der Waals surface area contributed by atoms with Crippen LogP contribution in [0.15, 0.2) is 48.6 Å². The Kier molecular flexibility index (Phi) is 5.47. The second-order valence-corrected chi connectivity index (χ2v) is 5.15. The largest absolute Gasteiger partial charge is 0.290 e. The number of ketones is 1. The minimum Gasteiger partial charge on any atom is -0.290 e. The van der Waals surface area contributed by atoms with E-state index < -0.39 is 17.4 Å². The average Bonchev–Trinajstić information content (AvgIpc) is 2.46. The minimum atomic E-state index is -0.530. The Morgan fingerprint density at radius 3 is 1.59 bits per heavy atom. The van der Waals surface area contributed by atoms with Crippen LogP contribution in [0.5, 0.6) is 0 Å². The lowest BCUT2D eigenvalue weighted by molar-refractivity contribution is -0.110. The molecule has 0 atom stereocenters. The number of hydrogen-bond acceptors (Lipinski definition) is 1. The second kappa shape index (κ2) is 7.34. The summed E-state index contributed by atoms with van der Waals surface area (Å²) in [6.45, 7) is 0. The van der Waals surface area contributed by atoms with E-state index in [0.717, 1.165) is 12.2 Å². The highest BCUT2D eigenvalue weighted by atomic mass is 35.5. The molecule has 0 spiro atoms. The molecule has 0 aliphatic rings. The molecule has 0 aromatic heterocycles. The first-order valence-electron chi connectivity index (χ1n) is 6.27. The van der Waals surface area contributed by atoms with Gasteiger partial charge >= 0.3 is 0 Å². The number of halogens is 4. The highest BCUT2D eigenvalue weighted by Gasteiger charge is 2.05. The van der Waals surface area contributed by atoms with Crippen LogP contribution in [-0.2, 0) is 4.79 Å². The van der Waals surface area contributed by atoms with Gasteiger partial charge in [0, 0.05) is 11.1 Å². The van der Waals surface area contributed by atoms with Crippen molar-refractivity contribution in [1.29, 1.82) is 0 Å². The summed E-state index contributed by atoms with van der Waals surface area (Å²) >= 11 is 11.7.